The zero-order valence-electron chi connectivity index (χ0n) is 12.6. The van der Waals surface area contributed by atoms with Crippen LogP contribution in [0.4, 0.5) is 9.52 Å². The monoisotopic (exact) mass is 319 g/mol. The molecule has 1 aliphatic heterocycles. The van der Waals surface area contributed by atoms with Crippen molar-refractivity contribution in [2.75, 3.05) is 25.5 Å². The second kappa shape index (κ2) is 6.04. The Balaban J connectivity index is 1.76. The minimum Gasteiger partial charge on any atom is -0.365 e. The Morgan fingerprint density at radius 3 is 2.91 bits per heavy atom. The van der Waals surface area contributed by atoms with Crippen LogP contribution in [-0.2, 0) is 0 Å². The van der Waals surface area contributed by atoms with E-state index in [2.05, 4.69) is 10.3 Å². The molecule has 4 nitrogen and oxygen atoms in total. The molecule has 116 valence electrons. The topological polar surface area (TPSA) is 45.2 Å². The van der Waals surface area contributed by atoms with Gasteiger partial charge in [-0.25, -0.2) is 9.37 Å². The Hall–Kier alpha value is -1.95. The molecule has 0 saturated carbocycles. The summed E-state index contributed by atoms with van der Waals surface area (Å²) >= 11 is 1.37. The molecular formula is C16H18FN3OS. The van der Waals surface area contributed by atoms with Crippen molar-refractivity contribution in [1.29, 1.82) is 0 Å². The number of likely N-dealkylation sites (tertiary alicyclic amines) is 1. The van der Waals surface area contributed by atoms with E-state index in [1.807, 2.05) is 19.1 Å². The van der Waals surface area contributed by atoms with Crippen molar-refractivity contribution in [2.24, 2.45) is 0 Å². The first-order valence-corrected chi connectivity index (χ1v) is 8.10. The van der Waals surface area contributed by atoms with Crippen LogP contribution in [0.3, 0.4) is 0 Å². The molecule has 6 heteroatoms. The van der Waals surface area contributed by atoms with Gasteiger partial charge in [0.15, 0.2) is 5.13 Å². The Kier molecular flexibility index (Phi) is 4.11. The first-order chi connectivity index (χ1) is 10.6. The van der Waals surface area contributed by atoms with Gasteiger partial charge in [0, 0.05) is 26.1 Å². The van der Waals surface area contributed by atoms with Crippen LogP contribution >= 0.6 is 11.3 Å². The maximum absolute atomic E-state index is 13.9. The highest BCUT2D eigenvalue weighted by atomic mass is 32.1. The number of benzene rings is 1. The number of nitrogens with zero attached hydrogens (tertiary/aromatic N) is 2. The van der Waals surface area contributed by atoms with E-state index in [0.717, 1.165) is 17.2 Å². The summed E-state index contributed by atoms with van der Waals surface area (Å²) in [7, 11) is 1.79. The van der Waals surface area contributed by atoms with Gasteiger partial charge in [0.05, 0.1) is 5.69 Å². The number of carbonyl (C=O) groups is 1. The normalized spacial score (nSPS) is 17.8. The van der Waals surface area contributed by atoms with Crippen molar-refractivity contribution in [3.8, 4) is 0 Å². The fourth-order valence-electron chi connectivity index (χ4n) is 2.85. The first-order valence-electron chi connectivity index (χ1n) is 7.29. The minimum atomic E-state index is -0.187. The van der Waals surface area contributed by atoms with Crippen LogP contribution in [0.25, 0.3) is 0 Å². The summed E-state index contributed by atoms with van der Waals surface area (Å²) in [6.45, 7) is 3.06. The van der Waals surface area contributed by atoms with Crippen molar-refractivity contribution in [1.82, 2.24) is 9.88 Å². The number of carbonyl (C=O) groups excluding carboxylic acids is 1. The van der Waals surface area contributed by atoms with Gasteiger partial charge in [-0.2, -0.15) is 0 Å². The van der Waals surface area contributed by atoms with Gasteiger partial charge in [0.2, 0.25) is 0 Å². The predicted molar refractivity (Wildman–Crippen MR) is 86.1 cm³/mol. The molecule has 1 aromatic heterocycles. The van der Waals surface area contributed by atoms with E-state index in [-0.39, 0.29) is 17.6 Å². The summed E-state index contributed by atoms with van der Waals surface area (Å²) in [6, 6.07) is 6.82. The average molecular weight is 319 g/mol. The van der Waals surface area contributed by atoms with Gasteiger partial charge < -0.3 is 10.2 Å². The lowest BCUT2D eigenvalue weighted by atomic mass is 9.98. The molecule has 1 atom stereocenters. The van der Waals surface area contributed by atoms with Crippen LogP contribution in [0.2, 0.25) is 0 Å². The molecule has 0 spiro atoms. The molecule has 1 aromatic carbocycles. The SMILES string of the molecule is CNc1nc(C)c(C(=O)N2CC[C@@H](c3ccccc3F)C2)s1. The molecule has 1 N–H and O–H groups in total. The quantitative estimate of drug-likeness (QED) is 0.944. The third-order valence-corrected chi connectivity index (χ3v) is 5.19. The molecule has 0 radical (unpaired) electrons. The highest BCUT2D eigenvalue weighted by Crippen LogP contribution is 2.31. The van der Waals surface area contributed by atoms with E-state index < -0.39 is 0 Å². The number of thiazole rings is 1. The second-order valence-corrected chi connectivity index (χ2v) is 6.44. The standard InChI is InChI=1S/C16H18FN3OS/c1-10-14(22-16(18-2)19-10)15(21)20-8-7-11(9-20)12-5-3-4-6-13(12)17/h3-6,11H,7-9H2,1-2H3,(H,18,19)/t11-/m1/s1. The van der Waals surface area contributed by atoms with Crippen LogP contribution < -0.4 is 5.32 Å². The Bertz CT molecular complexity index is 700. The van der Waals surface area contributed by atoms with Crippen molar-refractivity contribution in [3.63, 3.8) is 0 Å². The number of rotatable bonds is 3. The molecule has 0 bridgehead atoms. The molecule has 1 aliphatic rings. The van der Waals surface area contributed by atoms with Crippen LogP contribution in [-0.4, -0.2) is 35.9 Å². The molecule has 2 aromatic rings. The summed E-state index contributed by atoms with van der Waals surface area (Å²) < 4.78 is 13.9. The third-order valence-electron chi connectivity index (χ3n) is 4.03. The highest BCUT2D eigenvalue weighted by Gasteiger charge is 2.31. The molecule has 3 rings (SSSR count). The van der Waals surface area contributed by atoms with Crippen molar-refractivity contribution < 1.29 is 9.18 Å². The second-order valence-electron chi connectivity index (χ2n) is 5.44. The molecule has 22 heavy (non-hydrogen) atoms. The molecule has 0 aliphatic carbocycles. The number of aryl methyl sites for hydroxylation is 1. The van der Waals surface area contributed by atoms with Crippen LogP contribution in [0.15, 0.2) is 24.3 Å². The predicted octanol–water partition coefficient (Wildman–Crippen LogP) is 3.26. The highest BCUT2D eigenvalue weighted by molar-refractivity contribution is 7.17. The van der Waals surface area contributed by atoms with Gasteiger partial charge in [-0.3, -0.25) is 4.79 Å². The van der Waals surface area contributed by atoms with Gasteiger partial charge in [0.1, 0.15) is 10.7 Å². The lowest BCUT2D eigenvalue weighted by Gasteiger charge is -2.16. The summed E-state index contributed by atoms with van der Waals surface area (Å²) in [6.07, 6.45) is 0.795. The molecule has 0 unspecified atom stereocenters. The van der Waals surface area contributed by atoms with E-state index in [1.165, 1.54) is 17.4 Å². The lowest BCUT2D eigenvalue weighted by Crippen LogP contribution is -2.28. The number of hydrogen-bond donors (Lipinski definition) is 1. The largest absolute Gasteiger partial charge is 0.365 e. The van der Waals surface area contributed by atoms with E-state index in [4.69, 9.17) is 0 Å². The van der Waals surface area contributed by atoms with E-state index in [1.54, 1.807) is 18.0 Å². The van der Waals surface area contributed by atoms with Gasteiger partial charge in [-0.05, 0) is 25.0 Å². The van der Waals surface area contributed by atoms with Gasteiger partial charge in [0.25, 0.3) is 5.91 Å². The number of aromatic nitrogens is 1. The number of hydrogen-bond acceptors (Lipinski definition) is 4. The van der Waals surface area contributed by atoms with Gasteiger partial charge >= 0.3 is 0 Å². The Labute approximate surface area is 133 Å². The lowest BCUT2D eigenvalue weighted by molar-refractivity contribution is 0.0794. The first kappa shape index (κ1) is 15.0. The van der Waals surface area contributed by atoms with Gasteiger partial charge in [-0.15, -0.1) is 0 Å². The fraction of sp³-hybridized carbons (Fsp3) is 0.375. The van der Waals surface area contributed by atoms with Crippen molar-refractivity contribution >= 4 is 22.4 Å². The number of nitrogens with one attached hydrogen (secondary N) is 1. The molecule has 1 amide bonds. The van der Waals surface area contributed by atoms with Crippen molar-refractivity contribution in [3.05, 3.63) is 46.2 Å². The van der Waals surface area contributed by atoms with E-state index in [9.17, 15) is 9.18 Å². The zero-order chi connectivity index (χ0) is 15.7. The Morgan fingerprint density at radius 1 is 1.45 bits per heavy atom. The van der Waals surface area contributed by atoms with Gasteiger partial charge in [-0.1, -0.05) is 29.5 Å². The van der Waals surface area contributed by atoms with Crippen LogP contribution in [0, 0.1) is 12.7 Å². The van der Waals surface area contributed by atoms with Crippen LogP contribution in [0.5, 0.6) is 0 Å². The number of anilines is 1. The maximum Gasteiger partial charge on any atom is 0.265 e. The fourth-order valence-corrected chi connectivity index (χ4v) is 3.74. The number of halogens is 1. The zero-order valence-corrected chi connectivity index (χ0v) is 13.4. The summed E-state index contributed by atoms with van der Waals surface area (Å²) in [5.74, 6) is -0.120. The summed E-state index contributed by atoms with van der Waals surface area (Å²) in [5.41, 5.74) is 1.45. The Morgan fingerprint density at radius 2 is 2.23 bits per heavy atom. The van der Waals surface area contributed by atoms with E-state index >= 15 is 0 Å². The van der Waals surface area contributed by atoms with Crippen LogP contribution in [0.1, 0.15) is 33.3 Å². The molecule has 2 heterocycles. The molecule has 1 fully saturated rings. The number of amides is 1. The summed E-state index contributed by atoms with van der Waals surface area (Å²) in [4.78, 5) is 19.4. The molecular weight excluding hydrogens is 301 g/mol. The average Bonchev–Trinajstić information content (AvgIpc) is 3.14. The summed E-state index contributed by atoms with van der Waals surface area (Å²) in [5, 5.41) is 3.70. The van der Waals surface area contributed by atoms with Crippen molar-refractivity contribution in [2.45, 2.75) is 19.3 Å². The molecule has 1 saturated heterocycles. The maximum atomic E-state index is 13.9. The van der Waals surface area contributed by atoms with E-state index in [0.29, 0.717) is 23.5 Å². The third kappa shape index (κ3) is 2.70. The smallest absolute Gasteiger partial charge is 0.265 e. The minimum absolute atomic E-state index is 0.00432.